The van der Waals surface area contributed by atoms with Gasteiger partial charge in [-0.25, -0.2) is 0 Å². The summed E-state index contributed by atoms with van der Waals surface area (Å²) in [4.78, 5) is 24.4. The number of nitrogens with one attached hydrogen (secondary N) is 3. The first-order valence-electron chi connectivity index (χ1n) is 7.15. The van der Waals surface area contributed by atoms with Gasteiger partial charge in [-0.2, -0.15) is 0 Å². The van der Waals surface area contributed by atoms with E-state index in [0.717, 1.165) is 6.42 Å². The van der Waals surface area contributed by atoms with E-state index >= 15 is 0 Å². The molecule has 5 nitrogen and oxygen atoms in total. The van der Waals surface area contributed by atoms with E-state index in [1.807, 2.05) is 35.7 Å². The molecule has 1 fully saturated rings. The molecule has 3 rings (SSSR count). The van der Waals surface area contributed by atoms with Gasteiger partial charge in [0.05, 0.1) is 4.88 Å². The second-order valence-corrected chi connectivity index (χ2v) is 6.59. The molecule has 7 heteroatoms. The van der Waals surface area contributed by atoms with Gasteiger partial charge in [0.25, 0.3) is 5.91 Å². The molecule has 1 heterocycles. The van der Waals surface area contributed by atoms with Crippen LogP contribution in [0.4, 0.5) is 0 Å². The second kappa shape index (κ2) is 6.89. The lowest BCUT2D eigenvalue weighted by Crippen LogP contribution is -2.48. The number of hydrogen-bond acceptors (Lipinski definition) is 4. The number of hydrogen-bond donors (Lipinski definition) is 3. The minimum atomic E-state index is -0.291. The highest BCUT2D eigenvalue weighted by atomic mass is 32.1. The third-order valence-corrected chi connectivity index (χ3v) is 4.70. The van der Waals surface area contributed by atoms with E-state index in [0.29, 0.717) is 4.88 Å². The Labute approximate surface area is 143 Å². The van der Waals surface area contributed by atoms with Crippen LogP contribution in [-0.2, 0) is 4.79 Å². The molecule has 1 aromatic carbocycles. The van der Waals surface area contributed by atoms with Gasteiger partial charge in [-0.3, -0.25) is 25.8 Å². The largest absolute Gasteiger partial charge is 0.297 e. The minimum absolute atomic E-state index is 0.0549. The lowest BCUT2D eigenvalue weighted by atomic mass is 10.1. The summed E-state index contributed by atoms with van der Waals surface area (Å²) in [5.74, 6) is -0.208. The third-order valence-electron chi connectivity index (χ3n) is 3.63. The second-order valence-electron chi connectivity index (χ2n) is 5.23. The number of benzene rings is 1. The Balaban J connectivity index is 1.43. The number of rotatable bonds is 3. The molecule has 0 spiro atoms. The normalized spacial score (nSPS) is 18.8. The van der Waals surface area contributed by atoms with Crippen molar-refractivity contribution in [3.63, 3.8) is 0 Å². The number of thiocarbonyl (C=S) groups is 1. The van der Waals surface area contributed by atoms with Gasteiger partial charge in [-0.1, -0.05) is 36.4 Å². The quantitative estimate of drug-likeness (QED) is 0.589. The number of amides is 2. The average molecular weight is 345 g/mol. The maximum absolute atomic E-state index is 12.1. The van der Waals surface area contributed by atoms with Crippen molar-refractivity contribution in [2.45, 2.75) is 12.3 Å². The SMILES string of the molecule is O=C(NC(=S)NNC(=O)[C@@H]1C[C@H]1c1ccccc1)c1cccs1. The first kappa shape index (κ1) is 15.6. The first-order valence-corrected chi connectivity index (χ1v) is 8.43. The zero-order chi connectivity index (χ0) is 16.2. The van der Waals surface area contributed by atoms with E-state index in [1.165, 1.54) is 16.9 Å². The lowest BCUT2D eigenvalue weighted by molar-refractivity contribution is -0.123. The van der Waals surface area contributed by atoms with Gasteiger partial charge in [0, 0.05) is 5.92 Å². The van der Waals surface area contributed by atoms with Crippen LogP contribution in [0.3, 0.4) is 0 Å². The molecule has 3 N–H and O–H groups in total. The van der Waals surface area contributed by atoms with E-state index in [9.17, 15) is 9.59 Å². The van der Waals surface area contributed by atoms with Gasteiger partial charge in [-0.05, 0) is 41.6 Å². The zero-order valence-corrected chi connectivity index (χ0v) is 13.7. The maximum atomic E-state index is 12.1. The summed E-state index contributed by atoms with van der Waals surface area (Å²) < 4.78 is 0. The Morgan fingerprint density at radius 2 is 1.87 bits per heavy atom. The monoisotopic (exact) mass is 345 g/mol. The molecule has 1 aromatic heterocycles. The van der Waals surface area contributed by atoms with E-state index in [2.05, 4.69) is 16.2 Å². The highest BCUT2D eigenvalue weighted by molar-refractivity contribution is 7.80. The summed E-state index contributed by atoms with van der Waals surface area (Å²) in [6.45, 7) is 0. The van der Waals surface area contributed by atoms with Crippen molar-refractivity contribution < 1.29 is 9.59 Å². The molecule has 0 bridgehead atoms. The predicted octanol–water partition coefficient (Wildman–Crippen LogP) is 2.19. The molecule has 2 atom stereocenters. The molecule has 1 saturated carbocycles. The van der Waals surface area contributed by atoms with Crippen LogP contribution in [0.25, 0.3) is 0 Å². The van der Waals surface area contributed by atoms with Crippen molar-refractivity contribution in [1.29, 1.82) is 0 Å². The van der Waals surface area contributed by atoms with Crippen molar-refractivity contribution in [3.8, 4) is 0 Å². The van der Waals surface area contributed by atoms with Crippen molar-refractivity contribution >= 4 is 40.5 Å². The van der Waals surface area contributed by atoms with Crippen LogP contribution in [-0.4, -0.2) is 16.9 Å². The fraction of sp³-hybridized carbons (Fsp3) is 0.188. The molecule has 23 heavy (non-hydrogen) atoms. The Kier molecular flexibility index (Phi) is 4.68. The van der Waals surface area contributed by atoms with Gasteiger partial charge in [0.2, 0.25) is 5.91 Å². The molecule has 118 valence electrons. The molecule has 2 aromatic rings. The highest BCUT2D eigenvalue weighted by Crippen LogP contribution is 2.47. The fourth-order valence-electron chi connectivity index (χ4n) is 2.37. The van der Waals surface area contributed by atoms with Gasteiger partial charge in [0.15, 0.2) is 5.11 Å². The number of hydrazine groups is 1. The van der Waals surface area contributed by atoms with Crippen LogP contribution in [0.5, 0.6) is 0 Å². The lowest BCUT2D eigenvalue weighted by Gasteiger charge is -2.10. The van der Waals surface area contributed by atoms with Crippen molar-refractivity contribution in [2.24, 2.45) is 5.92 Å². The predicted molar refractivity (Wildman–Crippen MR) is 93.0 cm³/mol. The molecule has 2 amide bonds. The maximum Gasteiger partial charge on any atom is 0.267 e. The zero-order valence-electron chi connectivity index (χ0n) is 12.1. The van der Waals surface area contributed by atoms with Crippen LogP contribution < -0.4 is 16.2 Å². The van der Waals surface area contributed by atoms with Crippen LogP contribution >= 0.6 is 23.6 Å². The summed E-state index contributed by atoms with van der Waals surface area (Å²) in [6.07, 6.45) is 0.825. The summed E-state index contributed by atoms with van der Waals surface area (Å²) in [7, 11) is 0. The van der Waals surface area contributed by atoms with Crippen LogP contribution in [0, 0.1) is 5.92 Å². The van der Waals surface area contributed by atoms with Gasteiger partial charge in [0.1, 0.15) is 0 Å². The molecular formula is C16H15N3O2S2. The topological polar surface area (TPSA) is 70.2 Å². The van der Waals surface area contributed by atoms with E-state index < -0.39 is 0 Å². The van der Waals surface area contributed by atoms with Gasteiger partial charge < -0.3 is 0 Å². The molecule has 1 aliphatic rings. The molecule has 0 saturated heterocycles. The third kappa shape index (κ3) is 3.94. The van der Waals surface area contributed by atoms with E-state index in [1.54, 1.807) is 12.1 Å². The van der Waals surface area contributed by atoms with Crippen LogP contribution in [0.2, 0.25) is 0 Å². The Morgan fingerprint density at radius 3 is 2.57 bits per heavy atom. The Hall–Kier alpha value is -2.25. The van der Waals surface area contributed by atoms with E-state index in [-0.39, 0.29) is 28.8 Å². The van der Waals surface area contributed by atoms with Crippen LogP contribution in [0.15, 0.2) is 47.8 Å². The first-order chi connectivity index (χ1) is 11.1. The van der Waals surface area contributed by atoms with Crippen LogP contribution in [0.1, 0.15) is 27.6 Å². The highest BCUT2D eigenvalue weighted by Gasteiger charge is 2.43. The van der Waals surface area contributed by atoms with Crippen molar-refractivity contribution in [1.82, 2.24) is 16.2 Å². The minimum Gasteiger partial charge on any atom is -0.297 e. The summed E-state index contributed by atoms with van der Waals surface area (Å²) in [5, 5.41) is 4.40. The van der Waals surface area contributed by atoms with Gasteiger partial charge >= 0.3 is 0 Å². The van der Waals surface area contributed by atoms with Crippen molar-refractivity contribution in [2.75, 3.05) is 0 Å². The molecule has 0 radical (unpaired) electrons. The Bertz CT molecular complexity index is 716. The molecular weight excluding hydrogens is 330 g/mol. The van der Waals surface area contributed by atoms with Gasteiger partial charge in [-0.15, -0.1) is 11.3 Å². The average Bonchev–Trinajstić information content (AvgIpc) is 3.18. The smallest absolute Gasteiger partial charge is 0.267 e. The Morgan fingerprint density at radius 1 is 1.09 bits per heavy atom. The summed E-state index contributed by atoms with van der Waals surface area (Å²) in [6, 6.07) is 13.4. The standard InChI is InChI=1S/C16H15N3O2S2/c20-14(12-9-11(12)10-5-2-1-3-6-10)18-19-16(22)17-15(21)13-7-4-8-23-13/h1-8,11-12H,9H2,(H,18,20)(H2,17,19,21,22)/t11-,12+/m0/s1. The number of thiophene rings is 1. The fourth-order valence-corrected chi connectivity index (χ4v) is 3.13. The number of carbonyl (C=O) groups excluding carboxylic acids is 2. The molecule has 0 aliphatic heterocycles. The molecule has 1 aliphatic carbocycles. The van der Waals surface area contributed by atoms with Crippen molar-refractivity contribution in [3.05, 3.63) is 58.3 Å². The number of carbonyl (C=O) groups is 2. The molecule has 0 unspecified atom stereocenters. The summed E-state index contributed by atoms with van der Waals surface area (Å²) in [5.41, 5.74) is 6.29. The summed E-state index contributed by atoms with van der Waals surface area (Å²) >= 11 is 6.32. The van der Waals surface area contributed by atoms with E-state index in [4.69, 9.17) is 12.2 Å².